The van der Waals surface area contributed by atoms with Gasteiger partial charge in [0.15, 0.2) is 0 Å². The molecule has 3 rings (SSSR count). The second-order valence-corrected chi connectivity index (χ2v) is 7.61. The average molecular weight is 421 g/mol. The first-order valence-electron chi connectivity index (χ1n) is 9.97. The van der Waals surface area contributed by atoms with Gasteiger partial charge in [-0.05, 0) is 49.5 Å². The molecule has 0 radical (unpaired) electrons. The van der Waals surface area contributed by atoms with E-state index in [1.165, 1.54) is 4.57 Å². The summed E-state index contributed by atoms with van der Waals surface area (Å²) in [5.74, 6) is 0.615. The molecule has 0 spiro atoms. The van der Waals surface area contributed by atoms with Gasteiger partial charge in [-0.15, -0.1) is 0 Å². The summed E-state index contributed by atoms with van der Waals surface area (Å²) in [5, 5.41) is 10.4. The van der Waals surface area contributed by atoms with Crippen LogP contribution in [-0.2, 0) is 7.05 Å². The predicted octanol–water partition coefficient (Wildman–Crippen LogP) is 0.0325. The van der Waals surface area contributed by atoms with Gasteiger partial charge < -0.3 is 24.3 Å². The largest absolute Gasteiger partial charge is 0.491 e. The number of benzene rings is 2. The molecule has 31 heavy (non-hydrogen) atoms. The highest BCUT2D eigenvalue weighted by molar-refractivity contribution is 5.50. The molecule has 0 aliphatic rings. The predicted molar refractivity (Wildman–Crippen MR) is 122 cm³/mol. The standard InChI is InChI=1S/C24H27N3O4/c1-26(2)15-19(28)16-31-20-11-9-18(10-12-20)13-21-24(30)27(3)22(23(29)25-21)14-17-7-5-4-6-8-17/h4-14,19,28H,15-16H2,1-3H3,(H,25,29). The summed E-state index contributed by atoms with van der Waals surface area (Å²) in [7, 11) is 5.35. The highest BCUT2D eigenvalue weighted by Crippen LogP contribution is 2.12. The Morgan fingerprint density at radius 3 is 2.32 bits per heavy atom. The molecule has 0 saturated heterocycles. The molecule has 0 bridgehead atoms. The lowest BCUT2D eigenvalue weighted by Gasteiger charge is -2.16. The SMILES string of the molecule is CN(C)CC(O)COc1ccc(C=c2[nH]c(=O)c(=Cc3ccccc3)n(C)c2=O)cc1. The molecule has 1 heterocycles. The van der Waals surface area contributed by atoms with E-state index in [9.17, 15) is 14.7 Å². The highest BCUT2D eigenvalue weighted by atomic mass is 16.5. The van der Waals surface area contributed by atoms with Crippen molar-refractivity contribution in [2.75, 3.05) is 27.2 Å². The third kappa shape index (κ3) is 6.04. The Hall–Kier alpha value is -3.42. The molecule has 0 saturated carbocycles. The maximum Gasteiger partial charge on any atom is 0.274 e. The van der Waals surface area contributed by atoms with Crippen LogP contribution >= 0.6 is 0 Å². The number of H-pyrrole nitrogens is 1. The Kier molecular flexibility index (Phi) is 7.23. The molecule has 3 aromatic rings. The second kappa shape index (κ2) is 10.1. The quantitative estimate of drug-likeness (QED) is 0.562. The normalized spacial score (nSPS) is 13.6. The number of aliphatic hydroxyl groups is 1. The first-order chi connectivity index (χ1) is 14.8. The number of nitrogens with one attached hydrogen (secondary N) is 1. The van der Waals surface area contributed by atoms with E-state index in [1.54, 1.807) is 43.5 Å². The fourth-order valence-electron chi connectivity index (χ4n) is 3.14. The molecule has 1 atom stereocenters. The van der Waals surface area contributed by atoms with Gasteiger partial charge in [0.2, 0.25) is 0 Å². The van der Waals surface area contributed by atoms with E-state index in [1.807, 2.05) is 49.3 Å². The summed E-state index contributed by atoms with van der Waals surface area (Å²) in [6, 6.07) is 16.5. The molecule has 7 nitrogen and oxygen atoms in total. The van der Waals surface area contributed by atoms with E-state index in [2.05, 4.69) is 4.98 Å². The third-order valence-electron chi connectivity index (χ3n) is 4.69. The van der Waals surface area contributed by atoms with Crippen LogP contribution in [0.2, 0.25) is 0 Å². The molecule has 0 amide bonds. The lowest BCUT2D eigenvalue weighted by Crippen LogP contribution is -2.52. The summed E-state index contributed by atoms with van der Waals surface area (Å²) < 4.78 is 6.94. The minimum Gasteiger partial charge on any atom is -0.491 e. The van der Waals surface area contributed by atoms with Crippen molar-refractivity contribution in [3.63, 3.8) is 0 Å². The van der Waals surface area contributed by atoms with Crippen LogP contribution in [0.3, 0.4) is 0 Å². The number of likely N-dealkylation sites (N-methyl/N-ethyl adjacent to an activating group) is 1. The lowest BCUT2D eigenvalue weighted by molar-refractivity contribution is 0.0831. The van der Waals surface area contributed by atoms with Crippen LogP contribution in [0.4, 0.5) is 0 Å². The summed E-state index contributed by atoms with van der Waals surface area (Å²) in [5.41, 5.74) is 0.945. The molecule has 0 aliphatic carbocycles. The van der Waals surface area contributed by atoms with Crippen molar-refractivity contribution in [3.05, 3.63) is 97.1 Å². The highest BCUT2D eigenvalue weighted by Gasteiger charge is 2.06. The molecule has 0 aliphatic heterocycles. The number of aliphatic hydroxyl groups excluding tert-OH is 1. The van der Waals surface area contributed by atoms with Crippen molar-refractivity contribution < 1.29 is 9.84 Å². The van der Waals surface area contributed by atoms with E-state index < -0.39 is 6.10 Å². The van der Waals surface area contributed by atoms with Gasteiger partial charge in [0.05, 0.1) is 0 Å². The first kappa shape index (κ1) is 22.3. The van der Waals surface area contributed by atoms with E-state index >= 15 is 0 Å². The van der Waals surface area contributed by atoms with Crippen molar-refractivity contribution in [2.45, 2.75) is 6.10 Å². The van der Waals surface area contributed by atoms with Gasteiger partial charge in [-0.25, -0.2) is 0 Å². The van der Waals surface area contributed by atoms with Crippen molar-refractivity contribution in [2.24, 2.45) is 7.05 Å². The monoisotopic (exact) mass is 421 g/mol. The maximum absolute atomic E-state index is 12.8. The zero-order valence-electron chi connectivity index (χ0n) is 17.9. The molecule has 1 aromatic heterocycles. The summed E-state index contributed by atoms with van der Waals surface area (Å²) in [4.78, 5) is 29.9. The minimum absolute atomic E-state index is 0.189. The van der Waals surface area contributed by atoms with Crippen molar-refractivity contribution in [3.8, 4) is 5.75 Å². The number of nitrogens with zero attached hydrogens (tertiary/aromatic N) is 2. The van der Waals surface area contributed by atoms with E-state index in [4.69, 9.17) is 4.74 Å². The molecule has 7 heteroatoms. The Balaban J connectivity index is 1.85. The summed E-state index contributed by atoms with van der Waals surface area (Å²) >= 11 is 0. The lowest BCUT2D eigenvalue weighted by atomic mass is 10.2. The topological polar surface area (TPSA) is 87.6 Å². The molecular formula is C24H27N3O4. The van der Waals surface area contributed by atoms with Gasteiger partial charge in [-0.2, -0.15) is 0 Å². The van der Waals surface area contributed by atoms with Gasteiger partial charge in [0, 0.05) is 13.6 Å². The third-order valence-corrected chi connectivity index (χ3v) is 4.69. The zero-order valence-corrected chi connectivity index (χ0v) is 17.9. The average Bonchev–Trinajstić information content (AvgIpc) is 2.74. The van der Waals surface area contributed by atoms with Crippen LogP contribution in [0.1, 0.15) is 11.1 Å². The number of aromatic nitrogens is 2. The molecule has 2 N–H and O–H groups in total. The zero-order chi connectivity index (χ0) is 22.4. The van der Waals surface area contributed by atoms with Gasteiger partial charge >= 0.3 is 0 Å². The van der Waals surface area contributed by atoms with Gasteiger partial charge in [-0.3, -0.25) is 9.59 Å². The number of rotatable bonds is 7. The van der Waals surface area contributed by atoms with E-state index in [0.29, 0.717) is 12.3 Å². The minimum atomic E-state index is -0.583. The molecule has 0 fully saturated rings. The molecular weight excluding hydrogens is 394 g/mol. The number of hydrogen-bond acceptors (Lipinski definition) is 5. The van der Waals surface area contributed by atoms with Crippen LogP contribution < -0.4 is 26.6 Å². The summed E-state index contributed by atoms with van der Waals surface area (Å²) in [6.45, 7) is 0.703. The Labute approximate surface area is 180 Å². The molecule has 1 unspecified atom stereocenters. The smallest absolute Gasteiger partial charge is 0.274 e. The Morgan fingerprint density at radius 2 is 1.68 bits per heavy atom. The van der Waals surface area contributed by atoms with Gasteiger partial charge in [0.1, 0.15) is 29.2 Å². The van der Waals surface area contributed by atoms with Crippen LogP contribution in [0.25, 0.3) is 12.2 Å². The molecule has 2 aromatic carbocycles. The van der Waals surface area contributed by atoms with Crippen molar-refractivity contribution in [1.29, 1.82) is 0 Å². The Bertz CT molecular complexity index is 1240. The van der Waals surface area contributed by atoms with Gasteiger partial charge in [0.25, 0.3) is 11.1 Å². The van der Waals surface area contributed by atoms with Gasteiger partial charge in [-0.1, -0.05) is 42.5 Å². The van der Waals surface area contributed by atoms with Crippen LogP contribution in [-0.4, -0.2) is 52.9 Å². The number of hydrogen-bond donors (Lipinski definition) is 2. The van der Waals surface area contributed by atoms with Crippen LogP contribution in [0, 0.1) is 0 Å². The first-order valence-corrected chi connectivity index (χ1v) is 9.97. The Morgan fingerprint density at radius 1 is 1.03 bits per heavy atom. The molecule has 162 valence electrons. The number of ether oxygens (including phenoxy) is 1. The van der Waals surface area contributed by atoms with Crippen molar-refractivity contribution in [1.82, 2.24) is 14.5 Å². The maximum atomic E-state index is 12.8. The number of aromatic amines is 1. The van der Waals surface area contributed by atoms with Crippen LogP contribution in [0.15, 0.2) is 64.2 Å². The second-order valence-electron chi connectivity index (χ2n) is 7.61. The summed E-state index contributed by atoms with van der Waals surface area (Å²) in [6.07, 6.45) is 2.72. The van der Waals surface area contributed by atoms with Crippen LogP contribution in [0.5, 0.6) is 5.75 Å². The van der Waals surface area contributed by atoms with E-state index in [0.717, 1.165) is 11.1 Å². The van der Waals surface area contributed by atoms with E-state index in [-0.39, 0.29) is 28.4 Å². The van der Waals surface area contributed by atoms with Crippen molar-refractivity contribution >= 4 is 12.2 Å². The fourth-order valence-corrected chi connectivity index (χ4v) is 3.14. The fraction of sp³-hybridized carbons (Fsp3) is 0.250.